The van der Waals surface area contributed by atoms with Gasteiger partial charge in [0.05, 0.1) is 0 Å². The molecular weight excluding hydrogens is 206 g/mol. The molecule has 0 saturated heterocycles. The SMILES string of the molecule is CC(C)CNC(C)Cc1ccccc1Cl. The molecule has 0 heterocycles. The first-order valence-electron chi connectivity index (χ1n) is 5.56. The van der Waals surface area contributed by atoms with Crippen molar-refractivity contribution in [1.82, 2.24) is 5.32 Å². The van der Waals surface area contributed by atoms with Crippen LogP contribution >= 0.6 is 11.6 Å². The summed E-state index contributed by atoms with van der Waals surface area (Å²) in [7, 11) is 0. The highest BCUT2D eigenvalue weighted by Gasteiger charge is 2.06. The van der Waals surface area contributed by atoms with Gasteiger partial charge in [-0.1, -0.05) is 43.6 Å². The van der Waals surface area contributed by atoms with E-state index in [1.807, 2.05) is 18.2 Å². The van der Waals surface area contributed by atoms with Crippen LogP contribution in [0.1, 0.15) is 26.3 Å². The molecule has 1 atom stereocenters. The molecule has 0 aromatic heterocycles. The molecule has 0 aliphatic heterocycles. The van der Waals surface area contributed by atoms with Gasteiger partial charge in [-0.15, -0.1) is 0 Å². The average Bonchev–Trinajstić information content (AvgIpc) is 2.18. The van der Waals surface area contributed by atoms with Crippen LogP contribution in [0, 0.1) is 5.92 Å². The molecule has 0 bridgehead atoms. The Morgan fingerprint density at radius 2 is 1.87 bits per heavy atom. The molecule has 0 aliphatic rings. The summed E-state index contributed by atoms with van der Waals surface area (Å²) >= 11 is 6.10. The quantitative estimate of drug-likeness (QED) is 0.809. The topological polar surface area (TPSA) is 12.0 Å². The second kappa shape index (κ2) is 6.14. The normalized spacial score (nSPS) is 13.1. The first-order chi connectivity index (χ1) is 7.09. The summed E-state index contributed by atoms with van der Waals surface area (Å²) in [5.41, 5.74) is 1.22. The van der Waals surface area contributed by atoms with E-state index < -0.39 is 0 Å². The van der Waals surface area contributed by atoms with E-state index in [1.54, 1.807) is 0 Å². The van der Waals surface area contributed by atoms with E-state index >= 15 is 0 Å². The summed E-state index contributed by atoms with van der Waals surface area (Å²) < 4.78 is 0. The van der Waals surface area contributed by atoms with Crippen molar-refractivity contribution in [2.75, 3.05) is 6.54 Å². The van der Waals surface area contributed by atoms with E-state index in [-0.39, 0.29) is 0 Å². The predicted molar refractivity (Wildman–Crippen MR) is 67.5 cm³/mol. The van der Waals surface area contributed by atoms with E-state index in [1.165, 1.54) is 5.56 Å². The maximum absolute atomic E-state index is 6.10. The first kappa shape index (κ1) is 12.5. The number of rotatable bonds is 5. The van der Waals surface area contributed by atoms with Gasteiger partial charge in [-0.25, -0.2) is 0 Å². The van der Waals surface area contributed by atoms with Crippen molar-refractivity contribution in [1.29, 1.82) is 0 Å². The zero-order valence-electron chi connectivity index (χ0n) is 9.76. The van der Waals surface area contributed by atoms with Crippen LogP contribution in [0.15, 0.2) is 24.3 Å². The van der Waals surface area contributed by atoms with Gasteiger partial charge in [0.1, 0.15) is 0 Å². The Morgan fingerprint density at radius 3 is 2.47 bits per heavy atom. The maximum Gasteiger partial charge on any atom is 0.0438 e. The van der Waals surface area contributed by atoms with Crippen LogP contribution in [0.4, 0.5) is 0 Å². The van der Waals surface area contributed by atoms with Gasteiger partial charge in [0.2, 0.25) is 0 Å². The molecule has 0 amide bonds. The number of halogens is 1. The molecule has 0 spiro atoms. The van der Waals surface area contributed by atoms with Crippen molar-refractivity contribution in [3.8, 4) is 0 Å². The Hall–Kier alpha value is -0.530. The van der Waals surface area contributed by atoms with Gasteiger partial charge in [0.25, 0.3) is 0 Å². The standard InChI is InChI=1S/C13H20ClN/c1-10(2)9-15-11(3)8-12-6-4-5-7-13(12)14/h4-7,10-11,15H,8-9H2,1-3H3. The Kier molecular flexibility index (Phi) is 5.13. The second-order valence-electron chi connectivity index (χ2n) is 4.50. The fourth-order valence-corrected chi connectivity index (χ4v) is 1.72. The molecule has 0 aliphatic carbocycles. The Morgan fingerprint density at radius 1 is 1.20 bits per heavy atom. The molecule has 0 fully saturated rings. The summed E-state index contributed by atoms with van der Waals surface area (Å²) in [5.74, 6) is 0.693. The Labute approximate surface area is 97.8 Å². The van der Waals surface area contributed by atoms with Crippen molar-refractivity contribution < 1.29 is 0 Å². The summed E-state index contributed by atoms with van der Waals surface area (Å²) in [5, 5.41) is 4.37. The highest BCUT2D eigenvalue weighted by molar-refractivity contribution is 6.31. The molecule has 1 unspecified atom stereocenters. The monoisotopic (exact) mass is 225 g/mol. The van der Waals surface area contributed by atoms with E-state index in [0.29, 0.717) is 12.0 Å². The number of benzene rings is 1. The van der Waals surface area contributed by atoms with Crippen molar-refractivity contribution in [2.24, 2.45) is 5.92 Å². The number of hydrogen-bond acceptors (Lipinski definition) is 1. The minimum atomic E-state index is 0.479. The van der Waals surface area contributed by atoms with Gasteiger partial charge in [-0.3, -0.25) is 0 Å². The van der Waals surface area contributed by atoms with E-state index in [9.17, 15) is 0 Å². The van der Waals surface area contributed by atoms with Crippen LogP contribution in [-0.2, 0) is 6.42 Å². The molecule has 2 heteroatoms. The molecule has 1 nitrogen and oxygen atoms in total. The van der Waals surface area contributed by atoms with Gasteiger partial charge in [0.15, 0.2) is 0 Å². The van der Waals surface area contributed by atoms with Gasteiger partial charge >= 0.3 is 0 Å². The summed E-state index contributed by atoms with van der Waals surface area (Å²) in [4.78, 5) is 0. The lowest BCUT2D eigenvalue weighted by atomic mass is 10.1. The summed E-state index contributed by atoms with van der Waals surface area (Å²) in [6.07, 6.45) is 0.992. The van der Waals surface area contributed by atoms with Gasteiger partial charge in [-0.2, -0.15) is 0 Å². The lowest BCUT2D eigenvalue weighted by molar-refractivity contribution is 0.482. The number of hydrogen-bond donors (Lipinski definition) is 1. The van der Waals surface area contributed by atoms with Crippen LogP contribution < -0.4 is 5.32 Å². The van der Waals surface area contributed by atoms with Gasteiger partial charge in [0, 0.05) is 11.1 Å². The van der Waals surface area contributed by atoms with Crippen LogP contribution in [-0.4, -0.2) is 12.6 Å². The smallest absolute Gasteiger partial charge is 0.0438 e. The summed E-state index contributed by atoms with van der Waals surface area (Å²) in [6, 6.07) is 8.53. The first-order valence-corrected chi connectivity index (χ1v) is 5.94. The Balaban J connectivity index is 2.44. The third kappa shape index (κ3) is 4.67. The largest absolute Gasteiger partial charge is 0.314 e. The van der Waals surface area contributed by atoms with E-state index in [0.717, 1.165) is 18.0 Å². The average molecular weight is 226 g/mol. The molecule has 84 valence electrons. The molecule has 1 aromatic carbocycles. The third-order valence-corrected chi connectivity index (χ3v) is 2.73. The molecule has 1 rings (SSSR count). The lowest BCUT2D eigenvalue weighted by Gasteiger charge is -2.16. The van der Waals surface area contributed by atoms with Crippen molar-refractivity contribution in [3.05, 3.63) is 34.9 Å². The van der Waals surface area contributed by atoms with Gasteiger partial charge in [-0.05, 0) is 37.4 Å². The van der Waals surface area contributed by atoms with Crippen molar-refractivity contribution in [3.63, 3.8) is 0 Å². The van der Waals surface area contributed by atoms with Crippen molar-refractivity contribution in [2.45, 2.75) is 33.2 Å². The van der Waals surface area contributed by atoms with Gasteiger partial charge < -0.3 is 5.32 Å². The molecule has 15 heavy (non-hydrogen) atoms. The molecular formula is C13H20ClN. The summed E-state index contributed by atoms with van der Waals surface area (Å²) in [6.45, 7) is 7.70. The zero-order valence-corrected chi connectivity index (χ0v) is 10.5. The second-order valence-corrected chi connectivity index (χ2v) is 4.91. The van der Waals surface area contributed by atoms with Crippen LogP contribution in [0.2, 0.25) is 5.02 Å². The lowest BCUT2D eigenvalue weighted by Crippen LogP contribution is -2.31. The highest BCUT2D eigenvalue weighted by atomic mass is 35.5. The van der Waals surface area contributed by atoms with E-state index in [2.05, 4.69) is 32.2 Å². The number of nitrogens with one attached hydrogen (secondary N) is 1. The fraction of sp³-hybridized carbons (Fsp3) is 0.538. The zero-order chi connectivity index (χ0) is 11.3. The Bertz CT molecular complexity index is 296. The van der Waals surface area contributed by atoms with Crippen LogP contribution in [0.3, 0.4) is 0 Å². The fourth-order valence-electron chi connectivity index (χ4n) is 1.50. The van der Waals surface area contributed by atoms with E-state index in [4.69, 9.17) is 11.6 Å². The van der Waals surface area contributed by atoms with Crippen LogP contribution in [0.5, 0.6) is 0 Å². The molecule has 1 N–H and O–H groups in total. The maximum atomic E-state index is 6.10. The minimum Gasteiger partial charge on any atom is -0.314 e. The molecule has 1 aromatic rings. The molecule has 0 radical (unpaired) electrons. The predicted octanol–water partition coefficient (Wildman–Crippen LogP) is 3.52. The molecule has 0 saturated carbocycles. The third-order valence-electron chi connectivity index (χ3n) is 2.36. The minimum absolute atomic E-state index is 0.479. The highest BCUT2D eigenvalue weighted by Crippen LogP contribution is 2.16. The van der Waals surface area contributed by atoms with Crippen molar-refractivity contribution >= 4 is 11.6 Å². The van der Waals surface area contributed by atoms with Crippen LogP contribution in [0.25, 0.3) is 0 Å².